The first-order valence-electron chi connectivity index (χ1n) is 5.24. The van der Waals surface area contributed by atoms with Gasteiger partial charge in [-0.25, -0.2) is 4.79 Å². The van der Waals surface area contributed by atoms with Crippen LogP contribution in [0, 0.1) is 10.1 Å². The average molecular weight is 249 g/mol. The molecule has 0 amide bonds. The van der Waals surface area contributed by atoms with Crippen LogP contribution in [0.1, 0.15) is 16.8 Å². The molecule has 2 heterocycles. The minimum Gasteiger partial charge on any atom is -0.466 e. The van der Waals surface area contributed by atoms with Gasteiger partial charge in [0.05, 0.1) is 17.1 Å². The minimum absolute atomic E-state index is 0.0584. The molecule has 3 rings (SSSR count). The smallest absolute Gasteiger partial charge is 0.358 e. The van der Waals surface area contributed by atoms with Gasteiger partial charge in [0.15, 0.2) is 0 Å². The maximum Gasteiger partial charge on any atom is 0.358 e. The van der Waals surface area contributed by atoms with E-state index < -0.39 is 22.3 Å². The van der Waals surface area contributed by atoms with Crippen molar-refractivity contribution in [3.63, 3.8) is 0 Å². The highest BCUT2D eigenvalue weighted by atomic mass is 16.6. The van der Waals surface area contributed by atoms with Crippen molar-refractivity contribution in [2.45, 2.75) is 12.0 Å². The fraction of sp³-hybridized carbons (Fsp3) is 0.273. The van der Waals surface area contributed by atoms with Crippen molar-refractivity contribution >= 4 is 17.4 Å². The molecular formula is C11H7NO6. The molecular weight excluding hydrogens is 242 g/mol. The highest BCUT2D eigenvalue weighted by molar-refractivity contribution is 6.20. The monoisotopic (exact) mass is 249 g/mol. The fourth-order valence-corrected chi connectivity index (χ4v) is 2.15. The van der Waals surface area contributed by atoms with Gasteiger partial charge in [-0.05, 0) is 6.07 Å². The summed E-state index contributed by atoms with van der Waals surface area (Å²) in [5.41, 5.74) is -1.78. The van der Waals surface area contributed by atoms with Gasteiger partial charge in [0, 0.05) is 18.6 Å². The van der Waals surface area contributed by atoms with E-state index in [2.05, 4.69) is 0 Å². The van der Waals surface area contributed by atoms with Crippen LogP contribution in [0.3, 0.4) is 0 Å². The molecule has 1 spiro atoms. The van der Waals surface area contributed by atoms with Gasteiger partial charge in [-0.1, -0.05) is 0 Å². The maximum absolute atomic E-state index is 12.2. The van der Waals surface area contributed by atoms with Crippen LogP contribution in [0.5, 0.6) is 5.75 Å². The van der Waals surface area contributed by atoms with Gasteiger partial charge in [-0.3, -0.25) is 14.9 Å². The molecule has 18 heavy (non-hydrogen) atoms. The molecule has 0 radical (unpaired) electrons. The number of benzene rings is 1. The standard InChI is InChI=1S/C11H7NO6/c13-9-7-5-6(12(15)16)1-2-8(7)18-11(9)3-4-17-10(11)14/h1-2,5H,3-4H2. The molecule has 0 aromatic heterocycles. The second kappa shape index (κ2) is 3.28. The highest BCUT2D eigenvalue weighted by Crippen LogP contribution is 2.41. The molecule has 1 aromatic carbocycles. The number of rotatable bonds is 1. The van der Waals surface area contributed by atoms with Gasteiger partial charge < -0.3 is 9.47 Å². The van der Waals surface area contributed by atoms with Crippen molar-refractivity contribution < 1.29 is 24.0 Å². The van der Waals surface area contributed by atoms with Crippen molar-refractivity contribution in [3.8, 4) is 5.75 Å². The number of ketones is 1. The second-order valence-electron chi connectivity index (χ2n) is 4.08. The Balaban J connectivity index is 2.10. The Labute approximate surface area is 100 Å². The molecule has 1 unspecified atom stereocenters. The van der Waals surface area contributed by atoms with Crippen molar-refractivity contribution in [2.24, 2.45) is 0 Å². The van der Waals surface area contributed by atoms with Crippen molar-refractivity contribution in [1.82, 2.24) is 0 Å². The van der Waals surface area contributed by atoms with Crippen LogP contribution in [0.2, 0.25) is 0 Å². The summed E-state index contributed by atoms with van der Waals surface area (Å²) in [6, 6.07) is 3.68. The molecule has 0 saturated carbocycles. The zero-order chi connectivity index (χ0) is 12.9. The lowest BCUT2D eigenvalue weighted by Gasteiger charge is -2.15. The quantitative estimate of drug-likeness (QED) is 0.317. The molecule has 2 aliphatic rings. The van der Waals surface area contributed by atoms with Crippen LogP contribution in [0.25, 0.3) is 0 Å². The summed E-state index contributed by atoms with van der Waals surface area (Å²) < 4.78 is 10.1. The van der Waals surface area contributed by atoms with E-state index in [0.717, 1.165) is 6.07 Å². The maximum atomic E-state index is 12.2. The largest absolute Gasteiger partial charge is 0.466 e. The van der Waals surface area contributed by atoms with Crippen molar-refractivity contribution in [3.05, 3.63) is 33.9 Å². The van der Waals surface area contributed by atoms with Gasteiger partial charge in [-0.15, -0.1) is 0 Å². The number of cyclic esters (lactones) is 1. The van der Waals surface area contributed by atoms with Crippen LogP contribution >= 0.6 is 0 Å². The number of ether oxygens (including phenoxy) is 2. The Bertz CT molecular complexity index is 595. The predicted molar refractivity (Wildman–Crippen MR) is 56.4 cm³/mol. The molecule has 1 atom stereocenters. The van der Waals surface area contributed by atoms with E-state index in [1.54, 1.807) is 0 Å². The minimum atomic E-state index is -1.63. The van der Waals surface area contributed by atoms with Gasteiger partial charge >= 0.3 is 5.97 Å². The number of hydrogen-bond acceptors (Lipinski definition) is 6. The Morgan fingerprint density at radius 3 is 2.72 bits per heavy atom. The van der Waals surface area contributed by atoms with E-state index in [0.29, 0.717) is 0 Å². The SMILES string of the molecule is O=C1OCCC12Oc1ccc([N+](=O)[O-])cc1C2=O. The third kappa shape index (κ3) is 1.18. The zero-order valence-electron chi connectivity index (χ0n) is 9.04. The van der Waals surface area contributed by atoms with Gasteiger partial charge in [0.2, 0.25) is 5.78 Å². The van der Waals surface area contributed by atoms with Crippen molar-refractivity contribution in [2.75, 3.05) is 6.61 Å². The normalized spacial score (nSPS) is 24.9. The average Bonchev–Trinajstić information content (AvgIpc) is 2.83. The second-order valence-corrected chi connectivity index (χ2v) is 4.08. The lowest BCUT2D eigenvalue weighted by Crippen LogP contribution is -2.44. The summed E-state index contributed by atoms with van der Waals surface area (Å²) in [5.74, 6) is -1.11. The molecule has 1 fully saturated rings. The van der Waals surface area contributed by atoms with Gasteiger partial charge in [-0.2, -0.15) is 0 Å². The third-order valence-electron chi connectivity index (χ3n) is 3.09. The topological polar surface area (TPSA) is 95.7 Å². The predicted octanol–water partition coefficient (Wildman–Crippen LogP) is 0.856. The van der Waals surface area contributed by atoms with Crippen LogP contribution in [0.4, 0.5) is 5.69 Å². The fourth-order valence-electron chi connectivity index (χ4n) is 2.15. The highest BCUT2D eigenvalue weighted by Gasteiger charge is 2.58. The first-order chi connectivity index (χ1) is 8.54. The van der Waals surface area contributed by atoms with Crippen LogP contribution in [-0.2, 0) is 9.53 Å². The van der Waals surface area contributed by atoms with E-state index in [1.807, 2.05) is 0 Å². The molecule has 1 aromatic rings. The van der Waals surface area contributed by atoms with Crippen LogP contribution in [-0.4, -0.2) is 28.9 Å². The number of nitrogens with zero attached hydrogens (tertiary/aromatic N) is 1. The molecule has 1 saturated heterocycles. The molecule has 0 aliphatic carbocycles. The Kier molecular flexibility index (Phi) is 1.95. The number of nitro groups is 1. The zero-order valence-corrected chi connectivity index (χ0v) is 9.04. The van der Waals surface area contributed by atoms with E-state index in [9.17, 15) is 19.7 Å². The first kappa shape index (κ1) is 10.7. The molecule has 2 aliphatic heterocycles. The number of hydrogen-bond donors (Lipinski definition) is 0. The van der Waals surface area contributed by atoms with Crippen molar-refractivity contribution in [1.29, 1.82) is 0 Å². The number of Topliss-reactive ketones (excluding diaryl/α,β-unsaturated/α-hetero) is 1. The number of carbonyl (C=O) groups excluding carboxylic acids is 2. The number of fused-ring (bicyclic) bond motifs is 1. The summed E-state index contributed by atoms with van der Waals surface area (Å²) in [6.07, 6.45) is 0.132. The molecule has 7 heteroatoms. The molecule has 7 nitrogen and oxygen atoms in total. The number of esters is 1. The summed E-state index contributed by atoms with van der Waals surface area (Å²) >= 11 is 0. The van der Waals surface area contributed by atoms with Gasteiger partial charge in [0.1, 0.15) is 5.75 Å². The summed E-state index contributed by atoms with van der Waals surface area (Å²) in [6.45, 7) is 0.112. The van der Waals surface area contributed by atoms with Gasteiger partial charge in [0.25, 0.3) is 11.3 Å². The summed E-state index contributed by atoms with van der Waals surface area (Å²) in [5, 5.41) is 10.6. The summed E-state index contributed by atoms with van der Waals surface area (Å²) in [7, 11) is 0. The third-order valence-corrected chi connectivity index (χ3v) is 3.09. The van der Waals surface area contributed by atoms with Crippen LogP contribution in [0.15, 0.2) is 18.2 Å². The first-order valence-corrected chi connectivity index (χ1v) is 5.24. The lowest BCUT2D eigenvalue weighted by atomic mass is 9.94. The number of non-ortho nitro benzene ring substituents is 1. The van der Waals surface area contributed by atoms with Crippen LogP contribution < -0.4 is 4.74 Å². The Morgan fingerprint density at radius 1 is 1.33 bits per heavy atom. The van der Waals surface area contributed by atoms with E-state index >= 15 is 0 Å². The van der Waals surface area contributed by atoms with E-state index in [-0.39, 0.29) is 30.0 Å². The number of nitro benzene ring substituents is 1. The summed E-state index contributed by atoms with van der Waals surface area (Å²) in [4.78, 5) is 33.8. The molecule has 92 valence electrons. The van der Waals surface area contributed by atoms with E-state index in [4.69, 9.17) is 9.47 Å². The molecule has 0 N–H and O–H groups in total. The number of carbonyl (C=O) groups is 2. The Morgan fingerprint density at radius 2 is 2.11 bits per heavy atom. The lowest BCUT2D eigenvalue weighted by molar-refractivity contribution is -0.384. The molecule has 0 bridgehead atoms. The Hall–Kier alpha value is -2.44. The van der Waals surface area contributed by atoms with E-state index in [1.165, 1.54) is 12.1 Å².